The number of hydrogen-bond acceptors (Lipinski definition) is 4. The van der Waals surface area contributed by atoms with Gasteiger partial charge in [-0.1, -0.05) is 0 Å². The Morgan fingerprint density at radius 3 is 2.90 bits per heavy atom. The minimum atomic E-state index is -0.951. The third kappa shape index (κ3) is 2.18. The smallest absolute Gasteiger partial charge is 0.335 e. The number of carboxylic acid groups (broad SMARTS) is 1. The summed E-state index contributed by atoms with van der Waals surface area (Å²) in [5.41, 5.74) is 1.58. The van der Waals surface area contributed by atoms with Gasteiger partial charge in [0.25, 0.3) is 0 Å². The van der Waals surface area contributed by atoms with Gasteiger partial charge in [0, 0.05) is 18.3 Å². The van der Waals surface area contributed by atoms with Crippen LogP contribution in [0.4, 0.5) is 0 Å². The summed E-state index contributed by atoms with van der Waals surface area (Å²) in [4.78, 5) is 15.2. The molecule has 2 aromatic heterocycles. The Kier molecular flexibility index (Phi) is 2.83. The standard InChI is InChI=1S/C14H11N3O3/c1-9-8-10(2-3-11(9)14(18)19)20-13-5-7-17-12(16-13)4-6-15-17/h2-8H,1H3,(H,18,19). The van der Waals surface area contributed by atoms with Crippen molar-refractivity contribution in [2.75, 3.05) is 0 Å². The zero-order chi connectivity index (χ0) is 14.1. The second-order valence-corrected chi connectivity index (χ2v) is 4.28. The molecule has 0 amide bonds. The number of rotatable bonds is 3. The van der Waals surface area contributed by atoms with Crippen LogP contribution >= 0.6 is 0 Å². The summed E-state index contributed by atoms with van der Waals surface area (Å²) < 4.78 is 7.26. The van der Waals surface area contributed by atoms with Gasteiger partial charge in [0.05, 0.1) is 11.8 Å². The SMILES string of the molecule is Cc1cc(Oc2ccn3nccc3n2)ccc1C(=O)O. The van der Waals surface area contributed by atoms with Crippen molar-refractivity contribution in [1.82, 2.24) is 14.6 Å². The van der Waals surface area contributed by atoms with E-state index in [-0.39, 0.29) is 5.56 Å². The van der Waals surface area contributed by atoms with Gasteiger partial charge in [0.1, 0.15) is 5.75 Å². The van der Waals surface area contributed by atoms with Crippen molar-refractivity contribution in [3.8, 4) is 11.6 Å². The highest BCUT2D eigenvalue weighted by Crippen LogP contribution is 2.22. The third-order valence-electron chi connectivity index (χ3n) is 2.88. The molecule has 20 heavy (non-hydrogen) atoms. The van der Waals surface area contributed by atoms with Crippen molar-refractivity contribution in [3.05, 3.63) is 53.9 Å². The number of fused-ring (bicyclic) bond motifs is 1. The summed E-state index contributed by atoms with van der Waals surface area (Å²) in [6.45, 7) is 1.73. The Morgan fingerprint density at radius 1 is 1.30 bits per heavy atom. The first-order chi connectivity index (χ1) is 9.63. The highest BCUT2D eigenvalue weighted by molar-refractivity contribution is 5.89. The molecule has 0 bridgehead atoms. The number of carbonyl (C=O) groups is 1. The number of nitrogens with zero attached hydrogens (tertiary/aromatic N) is 3. The maximum Gasteiger partial charge on any atom is 0.335 e. The van der Waals surface area contributed by atoms with E-state index in [1.807, 2.05) is 0 Å². The number of benzene rings is 1. The normalized spacial score (nSPS) is 10.7. The molecule has 100 valence electrons. The van der Waals surface area contributed by atoms with Gasteiger partial charge in [0.2, 0.25) is 5.88 Å². The Bertz CT molecular complexity index is 795. The van der Waals surface area contributed by atoms with Crippen LogP contribution < -0.4 is 4.74 Å². The largest absolute Gasteiger partial charge is 0.478 e. The molecule has 6 heteroatoms. The Balaban J connectivity index is 1.90. The predicted octanol–water partition coefficient (Wildman–Crippen LogP) is 2.53. The predicted molar refractivity (Wildman–Crippen MR) is 71.2 cm³/mol. The molecule has 1 N–H and O–H groups in total. The van der Waals surface area contributed by atoms with Crippen LogP contribution in [0, 0.1) is 6.92 Å². The van der Waals surface area contributed by atoms with Crippen LogP contribution in [0.2, 0.25) is 0 Å². The topological polar surface area (TPSA) is 76.7 Å². The quantitative estimate of drug-likeness (QED) is 0.790. The fraction of sp³-hybridized carbons (Fsp3) is 0.0714. The number of ether oxygens (including phenoxy) is 1. The van der Waals surface area contributed by atoms with Crippen LogP contribution in [0.25, 0.3) is 5.65 Å². The minimum Gasteiger partial charge on any atom is -0.478 e. The molecule has 3 aromatic rings. The summed E-state index contributed by atoms with van der Waals surface area (Å²) in [5.74, 6) is 0.0252. The van der Waals surface area contributed by atoms with E-state index in [0.717, 1.165) is 0 Å². The van der Waals surface area contributed by atoms with E-state index in [4.69, 9.17) is 9.84 Å². The van der Waals surface area contributed by atoms with Crippen LogP contribution in [0.15, 0.2) is 42.7 Å². The lowest BCUT2D eigenvalue weighted by atomic mass is 10.1. The van der Waals surface area contributed by atoms with Gasteiger partial charge in [-0.3, -0.25) is 0 Å². The van der Waals surface area contributed by atoms with E-state index in [1.54, 1.807) is 48.1 Å². The van der Waals surface area contributed by atoms with E-state index in [0.29, 0.717) is 22.8 Å². The molecule has 3 rings (SSSR count). The summed E-state index contributed by atoms with van der Waals surface area (Å²) in [6, 6.07) is 8.26. The molecule has 0 radical (unpaired) electrons. The number of aryl methyl sites for hydroxylation is 1. The van der Waals surface area contributed by atoms with Crippen LogP contribution in [0.1, 0.15) is 15.9 Å². The lowest BCUT2D eigenvalue weighted by Crippen LogP contribution is -2.00. The maximum atomic E-state index is 10.9. The monoisotopic (exact) mass is 269 g/mol. The molecule has 0 fully saturated rings. The van der Waals surface area contributed by atoms with E-state index in [1.165, 1.54) is 6.07 Å². The van der Waals surface area contributed by atoms with Crippen molar-refractivity contribution in [1.29, 1.82) is 0 Å². The Hall–Kier alpha value is -2.89. The summed E-state index contributed by atoms with van der Waals surface area (Å²) in [7, 11) is 0. The van der Waals surface area contributed by atoms with Crippen molar-refractivity contribution in [2.45, 2.75) is 6.92 Å². The minimum absolute atomic E-state index is 0.261. The second-order valence-electron chi connectivity index (χ2n) is 4.28. The van der Waals surface area contributed by atoms with Gasteiger partial charge < -0.3 is 9.84 Å². The van der Waals surface area contributed by atoms with E-state index in [9.17, 15) is 4.79 Å². The molecule has 0 unspecified atom stereocenters. The lowest BCUT2D eigenvalue weighted by molar-refractivity contribution is 0.0696. The average Bonchev–Trinajstić information content (AvgIpc) is 2.85. The fourth-order valence-corrected chi connectivity index (χ4v) is 1.91. The number of aromatic nitrogens is 3. The summed E-state index contributed by atoms with van der Waals surface area (Å²) >= 11 is 0. The molecule has 0 aliphatic heterocycles. The first-order valence-electron chi connectivity index (χ1n) is 5.96. The van der Waals surface area contributed by atoms with E-state index in [2.05, 4.69) is 10.1 Å². The molecular formula is C14H11N3O3. The Labute approximate surface area is 114 Å². The molecule has 0 atom stereocenters. The number of aromatic carboxylic acids is 1. The van der Waals surface area contributed by atoms with Crippen molar-refractivity contribution in [2.24, 2.45) is 0 Å². The molecule has 0 aliphatic rings. The first-order valence-corrected chi connectivity index (χ1v) is 5.96. The molecule has 1 aromatic carbocycles. The lowest BCUT2D eigenvalue weighted by Gasteiger charge is -2.07. The van der Waals surface area contributed by atoms with E-state index < -0.39 is 5.97 Å². The van der Waals surface area contributed by atoms with Crippen molar-refractivity contribution in [3.63, 3.8) is 0 Å². The molecule has 0 saturated heterocycles. The van der Waals surface area contributed by atoms with Crippen molar-refractivity contribution >= 4 is 11.6 Å². The van der Waals surface area contributed by atoms with Crippen LogP contribution in [-0.4, -0.2) is 25.7 Å². The van der Waals surface area contributed by atoms with Gasteiger partial charge in [-0.05, 0) is 30.7 Å². The Morgan fingerprint density at radius 2 is 2.15 bits per heavy atom. The molecule has 2 heterocycles. The fourth-order valence-electron chi connectivity index (χ4n) is 1.91. The number of hydrogen-bond donors (Lipinski definition) is 1. The number of carboxylic acids is 1. The molecule has 0 aliphatic carbocycles. The van der Waals surface area contributed by atoms with Crippen LogP contribution in [-0.2, 0) is 0 Å². The maximum absolute atomic E-state index is 10.9. The van der Waals surface area contributed by atoms with Crippen LogP contribution in [0.5, 0.6) is 11.6 Å². The second kappa shape index (κ2) is 4.65. The average molecular weight is 269 g/mol. The molecule has 0 spiro atoms. The highest BCUT2D eigenvalue weighted by atomic mass is 16.5. The summed E-state index contributed by atoms with van der Waals surface area (Å²) in [6.07, 6.45) is 3.40. The van der Waals surface area contributed by atoms with Crippen molar-refractivity contribution < 1.29 is 14.6 Å². The highest BCUT2D eigenvalue weighted by Gasteiger charge is 2.08. The molecular weight excluding hydrogens is 258 g/mol. The van der Waals surface area contributed by atoms with Gasteiger partial charge in [-0.15, -0.1) is 0 Å². The van der Waals surface area contributed by atoms with Gasteiger partial charge in [0.15, 0.2) is 5.65 Å². The van der Waals surface area contributed by atoms with E-state index >= 15 is 0 Å². The van der Waals surface area contributed by atoms with Gasteiger partial charge in [-0.25, -0.2) is 9.31 Å². The zero-order valence-corrected chi connectivity index (χ0v) is 10.6. The van der Waals surface area contributed by atoms with Crippen LogP contribution in [0.3, 0.4) is 0 Å². The van der Waals surface area contributed by atoms with Gasteiger partial charge in [-0.2, -0.15) is 10.1 Å². The first kappa shape index (κ1) is 12.2. The molecule has 6 nitrogen and oxygen atoms in total. The molecule has 0 saturated carbocycles. The summed E-state index contributed by atoms with van der Waals surface area (Å²) in [5, 5.41) is 13.0. The zero-order valence-electron chi connectivity index (χ0n) is 10.6. The third-order valence-corrected chi connectivity index (χ3v) is 2.88. The van der Waals surface area contributed by atoms with Gasteiger partial charge >= 0.3 is 5.97 Å².